The Hall–Kier alpha value is -1.42. The highest BCUT2D eigenvalue weighted by atomic mass is 32.2. The summed E-state index contributed by atoms with van der Waals surface area (Å²) in [7, 11) is -5.66. The molecule has 0 heterocycles. The van der Waals surface area contributed by atoms with Crippen molar-refractivity contribution in [3.05, 3.63) is 0 Å². The highest BCUT2D eigenvalue weighted by Gasteiger charge is 2.73. The second-order valence-electron chi connectivity index (χ2n) is 6.08. The molecule has 0 aromatic carbocycles. The Morgan fingerprint density at radius 1 is 0.724 bits per heavy atom. The lowest BCUT2D eigenvalue weighted by Crippen LogP contribution is -2.54. The smallest absolute Gasteiger partial charge is 0.459 e. The topological polar surface area (TPSA) is 71.4 Å². The molecular weight excluding hydrogens is 468 g/mol. The number of carboxylic acids is 1. The van der Waals surface area contributed by atoms with Crippen LogP contribution in [0.5, 0.6) is 0 Å². The summed E-state index contributed by atoms with van der Waals surface area (Å²) >= 11 is 0. The maximum Gasteiger partial charge on any atom is 0.459 e. The summed E-state index contributed by atoms with van der Waals surface area (Å²) in [5.74, 6) is -23.2. The molecule has 0 fully saturated rings. The molecule has 0 saturated carbocycles. The van der Waals surface area contributed by atoms with Gasteiger partial charge in [-0.2, -0.15) is 52.7 Å². The molecule has 0 rings (SSSR count). The molecule has 0 aromatic heterocycles. The van der Waals surface area contributed by atoms with Gasteiger partial charge in [-0.05, 0) is 13.3 Å². The molecule has 174 valence electrons. The molecule has 29 heavy (non-hydrogen) atoms. The average molecular weight is 480 g/mol. The summed E-state index contributed by atoms with van der Waals surface area (Å²) in [6, 6.07) is 0. The fourth-order valence-electron chi connectivity index (χ4n) is 1.78. The number of carbonyl (C=O) groups is 1. The number of alkyl halides is 12. The van der Waals surface area contributed by atoms with Gasteiger partial charge < -0.3 is 5.11 Å². The SMILES string of the molecule is CC(CCC(F)(F)C(F)(F)C(F)(F)F)(C(=O)O)S(=O)(=O)CCC(F)(F)C(F)(F)F. The van der Waals surface area contributed by atoms with E-state index in [0.717, 1.165) is 0 Å². The number of carboxylic acid groups (broad SMARTS) is 1. The molecule has 0 radical (unpaired) electrons. The summed E-state index contributed by atoms with van der Waals surface area (Å²) in [6.07, 6.45) is -20.4. The zero-order valence-corrected chi connectivity index (χ0v) is 14.8. The van der Waals surface area contributed by atoms with Gasteiger partial charge in [0.2, 0.25) is 0 Å². The van der Waals surface area contributed by atoms with Crippen LogP contribution in [0.4, 0.5) is 52.7 Å². The lowest BCUT2D eigenvalue weighted by atomic mass is 9.98. The van der Waals surface area contributed by atoms with Crippen molar-refractivity contribution >= 4 is 15.8 Å². The molecule has 0 amide bonds. The minimum atomic E-state index is -6.80. The van der Waals surface area contributed by atoms with E-state index in [0.29, 0.717) is 0 Å². The molecule has 0 aliphatic rings. The molecule has 1 unspecified atom stereocenters. The average Bonchev–Trinajstić information content (AvgIpc) is 2.48. The van der Waals surface area contributed by atoms with Gasteiger partial charge in [-0.15, -0.1) is 0 Å². The summed E-state index contributed by atoms with van der Waals surface area (Å²) in [5, 5.41) is 8.87. The number of aliphatic carboxylic acids is 1. The number of hydrogen-bond donors (Lipinski definition) is 1. The van der Waals surface area contributed by atoms with Crippen LogP contribution in [0.25, 0.3) is 0 Å². The maximum atomic E-state index is 13.3. The van der Waals surface area contributed by atoms with Gasteiger partial charge in [0.05, 0.1) is 5.75 Å². The second-order valence-corrected chi connectivity index (χ2v) is 8.62. The zero-order chi connectivity index (χ0) is 23.9. The van der Waals surface area contributed by atoms with Gasteiger partial charge in [-0.1, -0.05) is 0 Å². The third-order valence-electron chi connectivity index (χ3n) is 3.97. The Morgan fingerprint density at radius 2 is 1.14 bits per heavy atom. The van der Waals surface area contributed by atoms with E-state index in [4.69, 9.17) is 5.11 Å². The minimum absolute atomic E-state index is 0.0121. The lowest BCUT2D eigenvalue weighted by Gasteiger charge is -2.31. The van der Waals surface area contributed by atoms with Crippen molar-refractivity contribution in [3.63, 3.8) is 0 Å². The van der Waals surface area contributed by atoms with Crippen LogP contribution in [0.3, 0.4) is 0 Å². The van der Waals surface area contributed by atoms with E-state index >= 15 is 0 Å². The predicted molar refractivity (Wildman–Crippen MR) is 70.6 cm³/mol. The van der Waals surface area contributed by atoms with E-state index in [1.54, 1.807) is 0 Å². The standard InChI is InChI=1S/C12H12F12O4S/c1-7(6(25)26,2-3-8(13,14)10(17,18)12(22,23)24)29(27,28)5-4-9(15,16)11(19,20)21/h2-5H2,1H3,(H,25,26). The van der Waals surface area contributed by atoms with E-state index in [-0.39, 0.29) is 6.92 Å². The Labute approximate surface area is 154 Å². The summed E-state index contributed by atoms with van der Waals surface area (Å²) < 4.78 is 170. The van der Waals surface area contributed by atoms with Crippen molar-refractivity contribution in [3.8, 4) is 0 Å². The maximum absolute atomic E-state index is 13.3. The monoisotopic (exact) mass is 480 g/mol. The zero-order valence-electron chi connectivity index (χ0n) is 13.9. The van der Waals surface area contributed by atoms with Crippen molar-refractivity contribution < 1.29 is 71.0 Å². The number of halogens is 12. The molecule has 1 atom stereocenters. The van der Waals surface area contributed by atoms with Crippen molar-refractivity contribution in [1.29, 1.82) is 0 Å². The Balaban J connectivity index is 5.76. The van der Waals surface area contributed by atoms with Crippen molar-refractivity contribution in [1.82, 2.24) is 0 Å². The van der Waals surface area contributed by atoms with E-state index in [1.165, 1.54) is 0 Å². The summed E-state index contributed by atoms with van der Waals surface area (Å²) in [6.45, 7) is 0.0121. The van der Waals surface area contributed by atoms with E-state index in [9.17, 15) is 65.9 Å². The highest BCUT2D eigenvalue weighted by Crippen LogP contribution is 2.49. The van der Waals surface area contributed by atoms with Crippen LogP contribution in [0.15, 0.2) is 0 Å². The van der Waals surface area contributed by atoms with Gasteiger partial charge >= 0.3 is 36.1 Å². The third-order valence-corrected chi connectivity index (χ3v) is 6.46. The van der Waals surface area contributed by atoms with Crippen LogP contribution in [0, 0.1) is 0 Å². The van der Waals surface area contributed by atoms with Crippen LogP contribution >= 0.6 is 0 Å². The Morgan fingerprint density at radius 3 is 1.45 bits per heavy atom. The van der Waals surface area contributed by atoms with Gasteiger partial charge in [0.1, 0.15) is 0 Å². The summed E-state index contributed by atoms with van der Waals surface area (Å²) in [4.78, 5) is 11.1. The quantitative estimate of drug-likeness (QED) is 0.496. The van der Waals surface area contributed by atoms with Gasteiger partial charge in [0.15, 0.2) is 14.6 Å². The van der Waals surface area contributed by atoms with Gasteiger partial charge in [-0.3, -0.25) is 4.79 Å². The molecule has 17 heteroatoms. The molecule has 1 N–H and O–H groups in total. The normalized spacial score (nSPS) is 17.1. The third kappa shape index (κ3) is 5.39. The van der Waals surface area contributed by atoms with Crippen LogP contribution in [-0.4, -0.2) is 60.1 Å². The van der Waals surface area contributed by atoms with E-state index < -0.39 is 75.7 Å². The number of sulfone groups is 1. The van der Waals surface area contributed by atoms with Crippen molar-refractivity contribution in [2.24, 2.45) is 0 Å². The fraction of sp³-hybridized carbons (Fsp3) is 0.917. The molecule has 0 aliphatic heterocycles. The first-order valence-electron chi connectivity index (χ1n) is 7.08. The lowest BCUT2D eigenvalue weighted by molar-refractivity contribution is -0.355. The van der Waals surface area contributed by atoms with E-state index in [1.807, 2.05) is 0 Å². The first-order chi connectivity index (χ1) is 12.4. The highest BCUT2D eigenvalue weighted by molar-refractivity contribution is 7.93. The minimum Gasteiger partial charge on any atom is -0.480 e. The van der Waals surface area contributed by atoms with E-state index in [2.05, 4.69) is 0 Å². The predicted octanol–water partition coefficient (Wildman–Crippen LogP) is 4.45. The molecular formula is C12H12F12O4S. The molecule has 0 saturated heterocycles. The van der Waals surface area contributed by atoms with Crippen LogP contribution < -0.4 is 0 Å². The van der Waals surface area contributed by atoms with Gasteiger partial charge in [0, 0.05) is 12.8 Å². The molecule has 0 spiro atoms. The molecule has 0 aliphatic carbocycles. The molecule has 4 nitrogen and oxygen atoms in total. The molecule has 0 aromatic rings. The largest absolute Gasteiger partial charge is 0.480 e. The van der Waals surface area contributed by atoms with Crippen LogP contribution in [-0.2, 0) is 14.6 Å². The number of hydrogen-bond acceptors (Lipinski definition) is 3. The second kappa shape index (κ2) is 7.68. The van der Waals surface area contributed by atoms with Gasteiger partial charge in [0.25, 0.3) is 0 Å². The summed E-state index contributed by atoms with van der Waals surface area (Å²) in [5.41, 5.74) is 0. The first-order valence-corrected chi connectivity index (χ1v) is 8.73. The van der Waals surface area contributed by atoms with Crippen molar-refractivity contribution in [2.75, 3.05) is 5.75 Å². The number of rotatable bonds is 9. The fourth-order valence-corrected chi connectivity index (χ4v) is 3.44. The van der Waals surface area contributed by atoms with Crippen molar-refractivity contribution in [2.45, 2.75) is 61.1 Å². The van der Waals surface area contributed by atoms with Gasteiger partial charge in [-0.25, -0.2) is 8.42 Å². The first kappa shape index (κ1) is 27.6. The Bertz CT molecular complexity index is 709. The van der Waals surface area contributed by atoms with Crippen LogP contribution in [0.2, 0.25) is 0 Å². The Kier molecular flexibility index (Phi) is 7.31. The molecule has 0 bridgehead atoms. The van der Waals surface area contributed by atoms with Crippen LogP contribution in [0.1, 0.15) is 26.2 Å².